The number of anilines is 1. The van der Waals surface area contributed by atoms with Crippen LogP contribution in [0.25, 0.3) is 10.9 Å². The monoisotopic (exact) mass is 290 g/mol. The highest BCUT2D eigenvalue weighted by Crippen LogP contribution is 2.22. The maximum Gasteiger partial charge on any atom is 0.129 e. The Hall–Kier alpha value is -1.32. The third-order valence-corrected chi connectivity index (χ3v) is 3.93. The second-order valence-electron chi connectivity index (χ2n) is 5.11. The summed E-state index contributed by atoms with van der Waals surface area (Å²) in [6.07, 6.45) is 2.45. The van der Waals surface area contributed by atoms with Crippen LogP contribution in [0.3, 0.4) is 0 Å². The van der Waals surface area contributed by atoms with E-state index in [1.807, 2.05) is 12.1 Å². The van der Waals surface area contributed by atoms with Crippen LogP contribution in [-0.2, 0) is 4.74 Å². The number of halogens is 1. The van der Waals surface area contributed by atoms with Crippen molar-refractivity contribution in [1.82, 2.24) is 4.98 Å². The summed E-state index contributed by atoms with van der Waals surface area (Å²) in [6, 6.07) is 12.5. The molecule has 1 aliphatic heterocycles. The molecular weight excluding hydrogens is 272 g/mol. The Morgan fingerprint density at radius 3 is 2.75 bits per heavy atom. The second kappa shape index (κ2) is 6.42. The fourth-order valence-electron chi connectivity index (χ4n) is 2.69. The van der Waals surface area contributed by atoms with E-state index in [2.05, 4.69) is 29.2 Å². The summed E-state index contributed by atoms with van der Waals surface area (Å²) in [5.41, 5.74) is 1.06. The van der Waals surface area contributed by atoms with E-state index < -0.39 is 0 Å². The first-order valence-electron chi connectivity index (χ1n) is 7.15. The number of fused-ring (bicyclic) bond motifs is 1. The average molecular weight is 291 g/mol. The highest BCUT2D eigenvalue weighted by atomic mass is 35.5. The van der Waals surface area contributed by atoms with Crippen LogP contribution in [0.1, 0.15) is 12.8 Å². The van der Waals surface area contributed by atoms with E-state index in [-0.39, 0.29) is 0 Å². The number of hydrogen-bond donors (Lipinski definition) is 0. The minimum atomic E-state index is 0.352. The molecule has 0 atom stereocenters. The van der Waals surface area contributed by atoms with Crippen LogP contribution < -0.4 is 4.90 Å². The van der Waals surface area contributed by atoms with Crippen LogP contribution in [0.15, 0.2) is 36.4 Å². The first kappa shape index (κ1) is 13.7. The standard InChI is InChI=1S/C16H19ClN2O/c17-9-12-20-14-7-10-19(11-8-14)16-6-5-13-3-1-2-4-15(13)18-16/h1-6,14H,7-12H2. The van der Waals surface area contributed by atoms with Crippen LogP contribution in [0.2, 0.25) is 0 Å². The summed E-state index contributed by atoms with van der Waals surface area (Å²) in [4.78, 5) is 7.09. The fourth-order valence-corrected chi connectivity index (χ4v) is 2.78. The molecule has 0 aliphatic carbocycles. The molecule has 0 bridgehead atoms. The van der Waals surface area contributed by atoms with Crippen molar-refractivity contribution < 1.29 is 4.74 Å². The molecule has 20 heavy (non-hydrogen) atoms. The molecule has 1 aliphatic rings. The maximum atomic E-state index is 5.71. The number of benzene rings is 1. The number of alkyl halides is 1. The summed E-state index contributed by atoms with van der Waals surface area (Å²) in [5.74, 6) is 1.64. The van der Waals surface area contributed by atoms with E-state index in [4.69, 9.17) is 21.3 Å². The summed E-state index contributed by atoms with van der Waals surface area (Å²) >= 11 is 5.66. The molecule has 1 aromatic heterocycles. The van der Waals surface area contributed by atoms with Gasteiger partial charge in [0.2, 0.25) is 0 Å². The van der Waals surface area contributed by atoms with E-state index in [1.165, 1.54) is 5.39 Å². The lowest BCUT2D eigenvalue weighted by molar-refractivity contribution is 0.0471. The van der Waals surface area contributed by atoms with E-state index in [9.17, 15) is 0 Å². The Bertz CT molecular complexity index is 567. The molecular formula is C16H19ClN2O. The van der Waals surface area contributed by atoms with E-state index in [1.54, 1.807) is 0 Å². The molecule has 106 valence electrons. The van der Waals surface area contributed by atoms with Gasteiger partial charge in [0.25, 0.3) is 0 Å². The highest BCUT2D eigenvalue weighted by molar-refractivity contribution is 6.17. The Morgan fingerprint density at radius 1 is 1.15 bits per heavy atom. The normalized spacial score (nSPS) is 16.8. The molecule has 3 nitrogen and oxygen atoms in total. The third kappa shape index (κ3) is 3.05. The van der Waals surface area contributed by atoms with Gasteiger partial charge in [-0.05, 0) is 31.0 Å². The number of ether oxygens (including phenoxy) is 1. The predicted molar refractivity (Wildman–Crippen MR) is 83.7 cm³/mol. The zero-order valence-corrected chi connectivity index (χ0v) is 12.2. The lowest BCUT2D eigenvalue weighted by Gasteiger charge is -2.32. The molecule has 0 saturated carbocycles. The Balaban J connectivity index is 1.67. The number of para-hydroxylation sites is 1. The van der Waals surface area contributed by atoms with Gasteiger partial charge in [0.1, 0.15) is 5.82 Å². The van der Waals surface area contributed by atoms with Crippen LogP contribution >= 0.6 is 11.6 Å². The lowest BCUT2D eigenvalue weighted by atomic mass is 10.1. The quantitative estimate of drug-likeness (QED) is 0.807. The SMILES string of the molecule is ClCCOC1CCN(c2ccc3ccccc3n2)CC1. The number of pyridine rings is 1. The maximum absolute atomic E-state index is 5.71. The lowest BCUT2D eigenvalue weighted by Crippen LogP contribution is -2.37. The van der Waals surface area contributed by atoms with E-state index >= 15 is 0 Å². The van der Waals surface area contributed by atoms with Crippen molar-refractivity contribution in [3.05, 3.63) is 36.4 Å². The van der Waals surface area contributed by atoms with Crippen molar-refractivity contribution in [2.24, 2.45) is 0 Å². The van der Waals surface area contributed by atoms with Gasteiger partial charge in [-0.1, -0.05) is 18.2 Å². The van der Waals surface area contributed by atoms with Gasteiger partial charge in [-0.3, -0.25) is 0 Å². The van der Waals surface area contributed by atoms with Gasteiger partial charge in [0.05, 0.1) is 18.2 Å². The predicted octanol–water partition coefficient (Wildman–Crippen LogP) is 3.46. The molecule has 0 radical (unpaired) electrons. The van der Waals surface area contributed by atoms with Crippen LogP contribution in [0.5, 0.6) is 0 Å². The molecule has 3 rings (SSSR count). The molecule has 2 aromatic rings. The molecule has 0 unspecified atom stereocenters. The van der Waals surface area contributed by atoms with Gasteiger partial charge < -0.3 is 9.64 Å². The van der Waals surface area contributed by atoms with Crippen molar-refractivity contribution in [1.29, 1.82) is 0 Å². The summed E-state index contributed by atoms with van der Waals surface area (Å²) in [6.45, 7) is 2.65. The largest absolute Gasteiger partial charge is 0.377 e. The summed E-state index contributed by atoms with van der Waals surface area (Å²) in [5, 5.41) is 1.19. The average Bonchev–Trinajstić information content (AvgIpc) is 2.53. The summed E-state index contributed by atoms with van der Waals surface area (Å²) in [7, 11) is 0. The van der Waals surface area contributed by atoms with Crippen LogP contribution in [-0.4, -0.2) is 36.7 Å². The topological polar surface area (TPSA) is 25.4 Å². The Labute approximate surface area is 124 Å². The highest BCUT2D eigenvalue weighted by Gasteiger charge is 2.20. The van der Waals surface area contributed by atoms with Crippen molar-refractivity contribution in [3.63, 3.8) is 0 Å². The minimum absolute atomic E-state index is 0.352. The van der Waals surface area contributed by atoms with E-state index in [0.29, 0.717) is 18.6 Å². The van der Waals surface area contributed by atoms with Crippen molar-refractivity contribution >= 4 is 28.3 Å². The van der Waals surface area contributed by atoms with Crippen molar-refractivity contribution in [2.45, 2.75) is 18.9 Å². The van der Waals surface area contributed by atoms with Gasteiger partial charge >= 0.3 is 0 Å². The number of nitrogens with zero attached hydrogens (tertiary/aromatic N) is 2. The van der Waals surface area contributed by atoms with Gasteiger partial charge in [-0.2, -0.15) is 0 Å². The van der Waals surface area contributed by atoms with Gasteiger partial charge in [-0.25, -0.2) is 4.98 Å². The minimum Gasteiger partial charge on any atom is -0.377 e. The zero-order chi connectivity index (χ0) is 13.8. The van der Waals surface area contributed by atoms with Gasteiger partial charge in [0.15, 0.2) is 0 Å². The first-order valence-corrected chi connectivity index (χ1v) is 7.68. The summed E-state index contributed by atoms with van der Waals surface area (Å²) < 4.78 is 5.71. The van der Waals surface area contributed by atoms with E-state index in [0.717, 1.165) is 37.3 Å². The number of piperidine rings is 1. The van der Waals surface area contributed by atoms with Gasteiger partial charge in [0, 0.05) is 24.4 Å². The molecule has 1 aromatic carbocycles. The molecule has 2 heterocycles. The smallest absolute Gasteiger partial charge is 0.129 e. The molecule has 1 fully saturated rings. The number of aromatic nitrogens is 1. The molecule has 1 saturated heterocycles. The molecule has 0 amide bonds. The molecule has 0 N–H and O–H groups in total. The molecule has 0 spiro atoms. The Morgan fingerprint density at radius 2 is 1.95 bits per heavy atom. The Kier molecular flexibility index (Phi) is 4.38. The third-order valence-electron chi connectivity index (χ3n) is 3.78. The molecule has 4 heteroatoms. The van der Waals surface area contributed by atoms with Crippen LogP contribution in [0, 0.1) is 0 Å². The number of hydrogen-bond acceptors (Lipinski definition) is 3. The zero-order valence-electron chi connectivity index (χ0n) is 11.5. The first-order chi connectivity index (χ1) is 9.86. The van der Waals surface area contributed by atoms with Crippen molar-refractivity contribution in [2.75, 3.05) is 30.5 Å². The van der Waals surface area contributed by atoms with Crippen molar-refractivity contribution in [3.8, 4) is 0 Å². The second-order valence-corrected chi connectivity index (χ2v) is 5.49. The fraction of sp³-hybridized carbons (Fsp3) is 0.438. The number of rotatable bonds is 4. The van der Waals surface area contributed by atoms with Crippen LogP contribution in [0.4, 0.5) is 5.82 Å². The van der Waals surface area contributed by atoms with Gasteiger partial charge in [-0.15, -0.1) is 11.6 Å².